The van der Waals surface area contributed by atoms with Gasteiger partial charge in [0.05, 0.1) is 5.52 Å². The first kappa shape index (κ1) is 20.0. The highest BCUT2D eigenvalue weighted by molar-refractivity contribution is 5.92. The number of halogens is 1. The molecule has 2 aromatic heterocycles. The van der Waals surface area contributed by atoms with Gasteiger partial charge in [-0.05, 0) is 65.6 Å². The predicted molar refractivity (Wildman–Crippen MR) is 122 cm³/mol. The fourth-order valence-corrected chi connectivity index (χ4v) is 4.02. The van der Waals surface area contributed by atoms with Crippen LogP contribution >= 0.6 is 0 Å². The van der Waals surface area contributed by atoms with Crippen LogP contribution in [0, 0.1) is 12.7 Å². The molecule has 2 heterocycles. The van der Waals surface area contributed by atoms with Crippen molar-refractivity contribution in [3.05, 3.63) is 99.7 Å². The predicted octanol–water partition coefficient (Wildman–Crippen LogP) is 4.29. The van der Waals surface area contributed by atoms with E-state index in [0.29, 0.717) is 29.8 Å². The molecule has 0 fully saturated rings. The van der Waals surface area contributed by atoms with E-state index in [1.165, 1.54) is 16.5 Å². The maximum absolute atomic E-state index is 13.1. The molecule has 0 aliphatic heterocycles. The van der Waals surface area contributed by atoms with Crippen LogP contribution in [-0.4, -0.2) is 19.7 Å². The van der Waals surface area contributed by atoms with E-state index in [1.807, 2.05) is 43.3 Å². The van der Waals surface area contributed by atoms with Crippen molar-refractivity contribution in [1.82, 2.24) is 19.9 Å². The number of fused-ring (bicyclic) bond motifs is 3. The van der Waals surface area contributed by atoms with Crippen molar-refractivity contribution in [3.8, 4) is 16.9 Å². The lowest BCUT2D eigenvalue weighted by atomic mass is 9.99. The first-order valence-corrected chi connectivity index (χ1v) is 10.3. The number of phenols is 1. The zero-order valence-electron chi connectivity index (χ0n) is 17.4. The number of benzene rings is 3. The highest BCUT2D eigenvalue weighted by Gasteiger charge is 2.13. The Hall–Kier alpha value is -3.97. The van der Waals surface area contributed by atoms with Crippen LogP contribution in [0.5, 0.6) is 5.75 Å². The molecule has 0 spiro atoms. The molecule has 0 saturated heterocycles. The second kappa shape index (κ2) is 7.94. The molecule has 7 heteroatoms. The van der Waals surface area contributed by atoms with Crippen LogP contribution in [0.15, 0.2) is 71.5 Å². The summed E-state index contributed by atoms with van der Waals surface area (Å²) < 4.78 is 14.6. The minimum Gasteiger partial charge on any atom is -0.507 e. The van der Waals surface area contributed by atoms with Crippen LogP contribution in [0.3, 0.4) is 0 Å². The average Bonchev–Trinajstić information content (AvgIpc) is 3.15. The average molecular weight is 428 g/mol. The van der Waals surface area contributed by atoms with E-state index >= 15 is 0 Å². The van der Waals surface area contributed by atoms with Gasteiger partial charge in [0.15, 0.2) is 5.65 Å². The van der Waals surface area contributed by atoms with Gasteiger partial charge >= 0.3 is 5.69 Å². The second-order valence-corrected chi connectivity index (χ2v) is 7.87. The maximum Gasteiger partial charge on any atom is 0.348 e. The summed E-state index contributed by atoms with van der Waals surface area (Å²) in [5, 5.41) is 21.5. The van der Waals surface area contributed by atoms with Crippen molar-refractivity contribution in [2.75, 3.05) is 0 Å². The topological polar surface area (TPSA) is 82.4 Å². The summed E-state index contributed by atoms with van der Waals surface area (Å²) in [6.45, 7) is 3.16. The van der Waals surface area contributed by atoms with Crippen molar-refractivity contribution >= 4 is 16.6 Å². The van der Waals surface area contributed by atoms with Gasteiger partial charge in [-0.2, -0.15) is 5.10 Å². The van der Waals surface area contributed by atoms with Gasteiger partial charge in [-0.3, -0.25) is 0 Å². The number of rotatable bonds is 5. The molecular weight excluding hydrogens is 407 g/mol. The Kier molecular flexibility index (Phi) is 4.95. The number of aromatic nitrogens is 3. The summed E-state index contributed by atoms with van der Waals surface area (Å²) in [6.07, 6.45) is 0. The zero-order valence-corrected chi connectivity index (χ0v) is 17.4. The molecular formula is C25H21FN4O2. The van der Waals surface area contributed by atoms with Crippen molar-refractivity contribution in [2.24, 2.45) is 0 Å². The van der Waals surface area contributed by atoms with Gasteiger partial charge in [0.1, 0.15) is 11.6 Å². The van der Waals surface area contributed by atoms with Crippen molar-refractivity contribution in [2.45, 2.75) is 20.0 Å². The lowest BCUT2D eigenvalue weighted by molar-refractivity contribution is 0.478. The van der Waals surface area contributed by atoms with Crippen molar-refractivity contribution in [3.63, 3.8) is 0 Å². The summed E-state index contributed by atoms with van der Waals surface area (Å²) in [6, 6.07) is 19.6. The summed E-state index contributed by atoms with van der Waals surface area (Å²) >= 11 is 0. The molecule has 160 valence electrons. The number of aryl methyl sites for hydroxylation is 1. The van der Waals surface area contributed by atoms with Gasteiger partial charge in [-0.1, -0.05) is 30.3 Å². The standard InChI is InChI=1S/C25H21FN4O2/c1-15-9-24-28-29-25(32)30(24)22-11-21(23(31)12-20(15)22)18-4-2-3-17(10-18)14-27-13-16-5-7-19(26)8-6-16/h2-12,27,31H,13-14H2,1H3,(H,29,32). The highest BCUT2D eigenvalue weighted by atomic mass is 19.1. The number of pyridine rings is 1. The highest BCUT2D eigenvalue weighted by Crippen LogP contribution is 2.35. The molecule has 3 N–H and O–H groups in total. The number of aromatic amines is 1. The smallest absolute Gasteiger partial charge is 0.348 e. The molecule has 0 aliphatic rings. The van der Waals surface area contributed by atoms with Gasteiger partial charge in [0, 0.05) is 24.0 Å². The Morgan fingerprint density at radius 2 is 1.81 bits per heavy atom. The Bertz CT molecular complexity index is 1500. The molecule has 0 saturated carbocycles. The van der Waals surface area contributed by atoms with E-state index in [9.17, 15) is 14.3 Å². The van der Waals surface area contributed by atoms with Gasteiger partial charge < -0.3 is 10.4 Å². The number of nitrogens with one attached hydrogen (secondary N) is 2. The van der Waals surface area contributed by atoms with Crippen LogP contribution < -0.4 is 11.0 Å². The van der Waals surface area contributed by atoms with E-state index in [0.717, 1.165) is 27.6 Å². The summed E-state index contributed by atoms with van der Waals surface area (Å²) in [5.41, 5.74) is 5.35. The van der Waals surface area contributed by atoms with Crippen LogP contribution in [0.2, 0.25) is 0 Å². The molecule has 5 aromatic rings. The second-order valence-electron chi connectivity index (χ2n) is 7.87. The number of aromatic hydroxyl groups is 1. The first-order chi connectivity index (χ1) is 15.5. The number of nitrogens with zero attached hydrogens (tertiary/aromatic N) is 2. The largest absolute Gasteiger partial charge is 0.507 e. The quantitative estimate of drug-likeness (QED) is 0.390. The number of hydrogen-bond acceptors (Lipinski definition) is 4. The molecule has 5 rings (SSSR count). The van der Waals surface area contributed by atoms with E-state index in [4.69, 9.17) is 0 Å². The fraction of sp³-hybridized carbons (Fsp3) is 0.120. The van der Waals surface area contributed by atoms with E-state index in [2.05, 4.69) is 15.5 Å². The maximum atomic E-state index is 13.1. The molecule has 6 nitrogen and oxygen atoms in total. The van der Waals surface area contributed by atoms with Crippen molar-refractivity contribution in [1.29, 1.82) is 0 Å². The summed E-state index contributed by atoms with van der Waals surface area (Å²) in [7, 11) is 0. The molecule has 0 unspecified atom stereocenters. The third-order valence-electron chi connectivity index (χ3n) is 5.63. The van der Waals surface area contributed by atoms with E-state index in [-0.39, 0.29) is 17.3 Å². The minimum atomic E-state index is -0.319. The normalized spacial score (nSPS) is 11.4. The molecule has 3 aromatic carbocycles. The Balaban J connectivity index is 1.48. The SMILES string of the molecule is Cc1cc2n[nH]c(=O)n2c2cc(-c3cccc(CNCc4ccc(F)cc4)c3)c(O)cc12. The molecule has 0 atom stereocenters. The molecule has 0 radical (unpaired) electrons. The minimum absolute atomic E-state index is 0.146. The van der Waals surface area contributed by atoms with E-state index in [1.54, 1.807) is 18.2 Å². The molecule has 32 heavy (non-hydrogen) atoms. The Morgan fingerprint density at radius 1 is 1.03 bits per heavy atom. The first-order valence-electron chi connectivity index (χ1n) is 10.3. The fourth-order valence-electron chi connectivity index (χ4n) is 4.02. The third kappa shape index (κ3) is 3.63. The molecule has 0 aliphatic carbocycles. The van der Waals surface area contributed by atoms with Crippen LogP contribution in [-0.2, 0) is 13.1 Å². The zero-order chi connectivity index (χ0) is 22.2. The molecule has 0 amide bonds. The van der Waals surface area contributed by atoms with Crippen LogP contribution in [0.4, 0.5) is 4.39 Å². The summed E-state index contributed by atoms with van der Waals surface area (Å²) in [4.78, 5) is 12.3. The lowest BCUT2D eigenvalue weighted by Gasteiger charge is -2.12. The lowest BCUT2D eigenvalue weighted by Crippen LogP contribution is -2.12. The third-order valence-corrected chi connectivity index (χ3v) is 5.63. The Labute approximate surface area is 183 Å². The monoisotopic (exact) mass is 428 g/mol. The number of phenolic OH excluding ortho intramolecular Hbond substituents is 1. The summed E-state index contributed by atoms with van der Waals surface area (Å²) in [5.74, 6) is -0.102. The Morgan fingerprint density at radius 3 is 2.62 bits per heavy atom. The van der Waals surface area contributed by atoms with E-state index < -0.39 is 0 Å². The number of hydrogen-bond donors (Lipinski definition) is 3. The van der Waals surface area contributed by atoms with Crippen molar-refractivity contribution < 1.29 is 9.50 Å². The van der Waals surface area contributed by atoms with Gasteiger partial charge in [0.25, 0.3) is 0 Å². The molecule has 0 bridgehead atoms. The van der Waals surface area contributed by atoms with Gasteiger partial charge in [-0.25, -0.2) is 18.7 Å². The van der Waals surface area contributed by atoms with Gasteiger partial charge in [-0.15, -0.1) is 0 Å². The van der Waals surface area contributed by atoms with Gasteiger partial charge in [0.2, 0.25) is 0 Å². The number of H-pyrrole nitrogens is 1. The van der Waals surface area contributed by atoms with Crippen LogP contribution in [0.25, 0.3) is 27.7 Å². The van der Waals surface area contributed by atoms with Crippen LogP contribution in [0.1, 0.15) is 16.7 Å².